The summed E-state index contributed by atoms with van der Waals surface area (Å²) < 4.78 is 5.26. The minimum Gasteiger partial charge on any atom is -0.496 e. The van der Waals surface area contributed by atoms with Crippen LogP contribution in [0.5, 0.6) is 5.75 Å². The molecule has 0 aliphatic carbocycles. The Morgan fingerprint density at radius 1 is 1.22 bits per heavy atom. The Labute approximate surface area is 141 Å². The molecule has 0 fully saturated rings. The smallest absolute Gasteiger partial charge is 0.248 e. The molecule has 2 aromatic carbocycles. The summed E-state index contributed by atoms with van der Waals surface area (Å²) in [7, 11) is 1.61. The first-order valence-corrected chi connectivity index (χ1v) is 8.18. The number of benzene rings is 2. The predicted molar refractivity (Wildman–Crippen MR) is 98.0 cm³/mol. The number of carbonyl (C=O) groups excluding carboxylic acids is 1. The van der Waals surface area contributed by atoms with E-state index in [0.717, 1.165) is 27.6 Å². The van der Waals surface area contributed by atoms with Gasteiger partial charge in [0.1, 0.15) is 5.75 Å². The second kappa shape index (κ2) is 8.86. The molecule has 0 aliphatic rings. The first-order valence-electron chi connectivity index (χ1n) is 7.19. The Hall–Kier alpha value is -2.46. The molecule has 4 heteroatoms. The normalized spacial score (nSPS) is 10.5. The van der Waals surface area contributed by atoms with Crippen molar-refractivity contribution in [2.45, 2.75) is 4.90 Å². The van der Waals surface area contributed by atoms with Gasteiger partial charge in [-0.05, 0) is 24.3 Å². The Morgan fingerprint density at radius 2 is 1.96 bits per heavy atom. The zero-order valence-electron chi connectivity index (χ0n) is 13.0. The maximum atomic E-state index is 12.1. The van der Waals surface area contributed by atoms with Gasteiger partial charge in [-0.15, -0.1) is 18.3 Å². The van der Waals surface area contributed by atoms with Crippen LogP contribution in [0.4, 0.5) is 5.69 Å². The highest BCUT2D eigenvalue weighted by Crippen LogP contribution is 2.27. The standard InChI is InChI=1S/C19H19NO2S/c1-3-14-23-18-11-7-5-9-16(18)20-19(21)13-12-15-8-4-6-10-17(15)22-2/h3-13H,1,14H2,2H3,(H,20,21)/b13-12+. The largest absolute Gasteiger partial charge is 0.496 e. The van der Waals surface area contributed by atoms with E-state index in [1.807, 2.05) is 54.6 Å². The number of nitrogens with one attached hydrogen (secondary N) is 1. The van der Waals surface area contributed by atoms with E-state index in [4.69, 9.17) is 4.74 Å². The third-order valence-corrected chi connectivity index (χ3v) is 4.12. The van der Waals surface area contributed by atoms with Crippen molar-refractivity contribution < 1.29 is 9.53 Å². The van der Waals surface area contributed by atoms with Crippen molar-refractivity contribution >= 4 is 29.4 Å². The lowest BCUT2D eigenvalue weighted by atomic mass is 10.2. The van der Waals surface area contributed by atoms with E-state index in [9.17, 15) is 4.79 Å². The Bertz CT molecular complexity index is 710. The van der Waals surface area contributed by atoms with Gasteiger partial charge in [-0.25, -0.2) is 0 Å². The molecule has 0 aromatic heterocycles. The third kappa shape index (κ3) is 5.04. The maximum Gasteiger partial charge on any atom is 0.248 e. The van der Waals surface area contributed by atoms with E-state index in [2.05, 4.69) is 11.9 Å². The van der Waals surface area contributed by atoms with Crippen molar-refractivity contribution in [3.8, 4) is 5.75 Å². The van der Waals surface area contributed by atoms with Crippen LogP contribution in [0.25, 0.3) is 6.08 Å². The number of methoxy groups -OCH3 is 1. The minimum atomic E-state index is -0.178. The van der Waals surface area contributed by atoms with Crippen molar-refractivity contribution in [2.75, 3.05) is 18.2 Å². The van der Waals surface area contributed by atoms with E-state index < -0.39 is 0 Å². The van der Waals surface area contributed by atoms with Gasteiger partial charge in [-0.1, -0.05) is 36.4 Å². The molecule has 0 saturated carbocycles. The molecule has 0 radical (unpaired) electrons. The molecule has 0 bridgehead atoms. The zero-order chi connectivity index (χ0) is 16.5. The van der Waals surface area contributed by atoms with Crippen LogP contribution in [0.15, 0.2) is 72.2 Å². The van der Waals surface area contributed by atoms with Gasteiger partial charge in [0, 0.05) is 22.3 Å². The summed E-state index contributed by atoms with van der Waals surface area (Å²) >= 11 is 1.63. The number of thioether (sulfide) groups is 1. The van der Waals surface area contributed by atoms with Crippen LogP contribution in [-0.4, -0.2) is 18.8 Å². The van der Waals surface area contributed by atoms with Gasteiger partial charge in [0.2, 0.25) is 5.91 Å². The molecule has 0 spiro atoms. The van der Waals surface area contributed by atoms with Gasteiger partial charge >= 0.3 is 0 Å². The first-order chi connectivity index (χ1) is 11.2. The number of para-hydroxylation sites is 2. The fourth-order valence-corrected chi connectivity index (χ4v) is 2.74. The summed E-state index contributed by atoms with van der Waals surface area (Å²) in [6.07, 6.45) is 5.09. The maximum absolute atomic E-state index is 12.1. The van der Waals surface area contributed by atoms with Crippen LogP contribution >= 0.6 is 11.8 Å². The number of anilines is 1. The molecule has 2 aromatic rings. The number of hydrogen-bond acceptors (Lipinski definition) is 3. The lowest BCUT2D eigenvalue weighted by molar-refractivity contribution is -0.111. The highest BCUT2D eigenvalue weighted by molar-refractivity contribution is 7.99. The molecule has 1 amide bonds. The third-order valence-electron chi connectivity index (χ3n) is 3.05. The molecule has 0 heterocycles. The molecule has 1 N–H and O–H groups in total. The Balaban J connectivity index is 2.08. The second-order valence-electron chi connectivity index (χ2n) is 4.66. The van der Waals surface area contributed by atoms with E-state index >= 15 is 0 Å². The molecular formula is C19H19NO2S. The fraction of sp³-hybridized carbons (Fsp3) is 0.105. The summed E-state index contributed by atoms with van der Waals surface area (Å²) in [6.45, 7) is 3.71. The molecule has 0 aliphatic heterocycles. The predicted octanol–water partition coefficient (Wildman–Crippen LogP) is 4.63. The molecule has 0 saturated heterocycles. The number of carbonyl (C=O) groups is 1. The molecule has 118 valence electrons. The Morgan fingerprint density at radius 3 is 2.74 bits per heavy atom. The van der Waals surface area contributed by atoms with Gasteiger partial charge in [0.25, 0.3) is 0 Å². The highest BCUT2D eigenvalue weighted by Gasteiger charge is 2.05. The van der Waals surface area contributed by atoms with Crippen molar-refractivity contribution in [2.24, 2.45) is 0 Å². The second-order valence-corrected chi connectivity index (χ2v) is 5.72. The van der Waals surface area contributed by atoms with Crippen LogP contribution in [0.2, 0.25) is 0 Å². The van der Waals surface area contributed by atoms with Gasteiger partial charge < -0.3 is 10.1 Å². The van der Waals surface area contributed by atoms with Gasteiger partial charge in [-0.3, -0.25) is 4.79 Å². The number of ether oxygens (including phenoxy) is 1. The lowest BCUT2D eigenvalue weighted by Gasteiger charge is -2.08. The SMILES string of the molecule is C=CCSc1ccccc1NC(=O)/C=C/c1ccccc1OC. The van der Waals surface area contributed by atoms with E-state index in [1.165, 1.54) is 6.08 Å². The first kappa shape index (κ1) is 16.9. The molecule has 0 unspecified atom stereocenters. The number of amides is 1. The zero-order valence-corrected chi connectivity index (χ0v) is 13.8. The monoisotopic (exact) mass is 325 g/mol. The van der Waals surface area contributed by atoms with Gasteiger partial charge in [-0.2, -0.15) is 0 Å². The lowest BCUT2D eigenvalue weighted by Crippen LogP contribution is -2.08. The van der Waals surface area contributed by atoms with Crippen LogP contribution in [0.3, 0.4) is 0 Å². The van der Waals surface area contributed by atoms with Gasteiger partial charge in [0.05, 0.1) is 12.8 Å². The van der Waals surface area contributed by atoms with Crippen LogP contribution in [0.1, 0.15) is 5.56 Å². The van der Waals surface area contributed by atoms with Crippen LogP contribution in [-0.2, 0) is 4.79 Å². The number of rotatable bonds is 7. The highest BCUT2D eigenvalue weighted by atomic mass is 32.2. The molecule has 2 rings (SSSR count). The molecule has 0 atom stereocenters. The van der Waals surface area contributed by atoms with E-state index in [-0.39, 0.29) is 5.91 Å². The summed E-state index contributed by atoms with van der Waals surface area (Å²) in [6, 6.07) is 15.3. The van der Waals surface area contributed by atoms with Crippen molar-refractivity contribution in [1.29, 1.82) is 0 Å². The Kier molecular flexibility index (Phi) is 6.51. The average molecular weight is 325 g/mol. The van der Waals surface area contributed by atoms with Crippen LogP contribution in [0, 0.1) is 0 Å². The van der Waals surface area contributed by atoms with Crippen molar-refractivity contribution in [3.63, 3.8) is 0 Å². The van der Waals surface area contributed by atoms with Crippen LogP contribution < -0.4 is 10.1 Å². The summed E-state index contributed by atoms with van der Waals surface area (Å²) in [5, 5.41) is 2.91. The summed E-state index contributed by atoms with van der Waals surface area (Å²) in [4.78, 5) is 13.2. The summed E-state index contributed by atoms with van der Waals surface area (Å²) in [5.74, 6) is 1.35. The van der Waals surface area contributed by atoms with Crippen molar-refractivity contribution in [1.82, 2.24) is 0 Å². The number of hydrogen-bond donors (Lipinski definition) is 1. The quantitative estimate of drug-likeness (QED) is 0.458. The fourth-order valence-electron chi connectivity index (χ4n) is 1.99. The minimum absolute atomic E-state index is 0.178. The molecule has 3 nitrogen and oxygen atoms in total. The molecule has 23 heavy (non-hydrogen) atoms. The van der Waals surface area contributed by atoms with E-state index in [0.29, 0.717) is 0 Å². The molecular weight excluding hydrogens is 306 g/mol. The average Bonchev–Trinajstić information content (AvgIpc) is 2.59. The van der Waals surface area contributed by atoms with E-state index in [1.54, 1.807) is 24.9 Å². The summed E-state index contributed by atoms with van der Waals surface area (Å²) in [5.41, 5.74) is 1.66. The van der Waals surface area contributed by atoms with Gasteiger partial charge in [0.15, 0.2) is 0 Å². The topological polar surface area (TPSA) is 38.3 Å². The van der Waals surface area contributed by atoms with Crippen molar-refractivity contribution in [3.05, 3.63) is 72.8 Å².